The fourth-order valence-electron chi connectivity index (χ4n) is 2.50. The maximum Gasteiger partial charge on any atom is 0.146 e. The zero-order chi connectivity index (χ0) is 13.1. The third kappa shape index (κ3) is 2.82. The van der Waals surface area contributed by atoms with Gasteiger partial charge in [0.05, 0.1) is 12.3 Å². The van der Waals surface area contributed by atoms with E-state index >= 15 is 0 Å². The van der Waals surface area contributed by atoms with Gasteiger partial charge in [0.15, 0.2) is 0 Å². The highest BCUT2D eigenvalue weighted by Gasteiger charge is 2.23. The number of likely N-dealkylation sites (N-methyl/N-ethyl adjacent to an activating group) is 1. The highest BCUT2D eigenvalue weighted by molar-refractivity contribution is 5.49. The van der Waals surface area contributed by atoms with E-state index in [2.05, 4.69) is 23.9 Å². The molecule has 0 saturated carbocycles. The van der Waals surface area contributed by atoms with Crippen LogP contribution < -0.4 is 4.90 Å². The Labute approximate surface area is 108 Å². The molecule has 1 unspecified atom stereocenters. The molecule has 0 spiro atoms. The van der Waals surface area contributed by atoms with Gasteiger partial charge < -0.3 is 14.9 Å². The normalized spacial score (nSPS) is 20.5. The summed E-state index contributed by atoms with van der Waals surface area (Å²) >= 11 is 0. The molecule has 0 radical (unpaired) electrons. The minimum absolute atomic E-state index is 0.114. The average molecular weight is 252 g/mol. The lowest BCUT2D eigenvalue weighted by atomic mass is 10.0. The molecule has 18 heavy (non-hydrogen) atoms. The summed E-state index contributed by atoms with van der Waals surface area (Å²) in [7, 11) is 4.14. The van der Waals surface area contributed by atoms with Crippen molar-refractivity contribution in [2.45, 2.75) is 25.5 Å². The van der Waals surface area contributed by atoms with Gasteiger partial charge in [0, 0.05) is 19.1 Å². The Kier molecular flexibility index (Phi) is 4.19. The van der Waals surface area contributed by atoms with E-state index < -0.39 is 0 Å². The third-order valence-corrected chi connectivity index (χ3v) is 3.66. The molecule has 1 aromatic rings. The fourth-order valence-corrected chi connectivity index (χ4v) is 2.50. The Morgan fingerprint density at radius 1 is 1.44 bits per heavy atom. The van der Waals surface area contributed by atoms with Crippen molar-refractivity contribution in [3.63, 3.8) is 0 Å². The number of hydrogen-bond acceptors (Lipinski definition) is 3. The van der Waals surface area contributed by atoms with Gasteiger partial charge in [0.25, 0.3) is 0 Å². The van der Waals surface area contributed by atoms with Crippen LogP contribution in [-0.2, 0) is 6.61 Å². The van der Waals surface area contributed by atoms with E-state index in [1.165, 1.54) is 12.5 Å². The highest BCUT2D eigenvalue weighted by atomic mass is 19.1. The molecule has 0 amide bonds. The number of aliphatic hydroxyl groups is 1. The van der Waals surface area contributed by atoms with E-state index in [0.717, 1.165) is 19.5 Å². The molecule has 1 aliphatic heterocycles. The second-order valence-corrected chi connectivity index (χ2v) is 5.15. The summed E-state index contributed by atoms with van der Waals surface area (Å²) in [6.07, 6.45) is 2.25. The average Bonchev–Trinajstić information content (AvgIpc) is 2.38. The van der Waals surface area contributed by atoms with Crippen molar-refractivity contribution in [1.82, 2.24) is 4.90 Å². The first kappa shape index (κ1) is 13.3. The molecule has 0 aliphatic carbocycles. The minimum Gasteiger partial charge on any atom is -0.392 e. The van der Waals surface area contributed by atoms with Crippen molar-refractivity contribution in [1.29, 1.82) is 0 Å². The van der Waals surface area contributed by atoms with Gasteiger partial charge in [-0.1, -0.05) is 6.07 Å². The van der Waals surface area contributed by atoms with Crippen LogP contribution in [0.4, 0.5) is 10.1 Å². The van der Waals surface area contributed by atoms with Crippen LogP contribution in [0.5, 0.6) is 0 Å². The van der Waals surface area contributed by atoms with Crippen LogP contribution in [0, 0.1) is 5.82 Å². The predicted molar refractivity (Wildman–Crippen MR) is 71.2 cm³/mol. The highest BCUT2D eigenvalue weighted by Crippen LogP contribution is 2.25. The van der Waals surface area contributed by atoms with Crippen LogP contribution in [-0.4, -0.2) is 43.2 Å². The Hall–Kier alpha value is -1.13. The van der Waals surface area contributed by atoms with Crippen LogP contribution in [0.3, 0.4) is 0 Å². The molecule has 1 saturated heterocycles. The van der Waals surface area contributed by atoms with Gasteiger partial charge in [-0.15, -0.1) is 0 Å². The topological polar surface area (TPSA) is 26.7 Å². The van der Waals surface area contributed by atoms with E-state index in [4.69, 9.17) is 5.11 Å². The van der Waals surface area contributed by atoms with Crippen LogP contribution in [0.15, 0.2) is 18.2 Å². The molecule has 1 atom stereocenters. The number of piperidine rings is 1. The standard InChI is InChI=1S/C14H21FN2O/c1-16(2)12-4-3-7-17(9-12)14-6-5-11(10-18)8-13(14)15/h5-6,8,12,18H,3-4,7,9-10H2,1-2H3. The third-order valence-electron chi connectivity index (χ3n) is 3.66. The number of nitrogens with zero attached hydrogens (tertiary/aromatic N) is 2. The van der Waals surface area contributed by atoms with Crippen molar-refractivity contribution in [3.8, 4) is 0 Å². The van der Waals surface area contributed by atoms with E-state index in [-0.39, 0.29) is 12.4 Å². The van der Waals surface area contributed by atoms with Crippen LogP contribution in [0.1, 0.15) is 18.4 Å². The minimum atomic E-state index is -0.235. The lowest BCUT2D eigenvalue weighted by Gasteiger charge is -2.37. The molecular formula is C14H21FN2O. The molecule has 0 bridgehead atoms. The Bertz CT molecular complexity index is 409. The molecule has 1 aromatic carbocycles. The number of aliphatic hydroxyl groups excluding tert-OH is 1. The number of halogens is 1. The Morgan fingerprint density at radius 2 is 2.22 bits per heavy atom. The second-order valence-electron chi connectivity index (χ2n) is 5.15. The molecule has 1 aliphatic rings. The Balaban J connectivity index is 2.15. The van der Waals surface area contributed by atoms with Gasteiger partial charge in [-0.05, 0) is 44.6 Å². The summed E-state index contributed by atoms with van der Waals surface area (Å²) in [5, 5.41) is 8.99. The SMILES string of the molecule is CN(C)C1CCCN(c2ccc(CO)cc2F)C1. The molecule has 1 fully saturated rings. The van der Waals surface area contributed by atoms with Crippen LogP contribution in [0.25, 0.3) is 0 Å². The summed E-state index contributed by atoms with van der Waals surface area (Å²) in [5.41, 5.74) is 1.27. The van der Waals surface area contributed by atoms with Crippen molar-refractivity contribution in [2.75, 3.05) is 32.1 Å². The van der Waals surface area contributed by atoms with Crippen LogP contribution in [0.2, 0.25) is 0 Å². The van der Waals surface area contributed by atoms with Crippen LogP contribution >= 0.6 is 0 Å². The molecule has 1 heterocycles. The first-order valence-corrected chi connectivity index (χ1v) is 6.42. The molecule has 100 valence electrons. The van der Waals surface area contributed by atoms with Gasteiger partial charge in [-0.2, -0.15) is 0 Å². The van der Waals surface area contributed by atoms with Gasteiger partial charge in [0.1, 0.15) is 5.82 Å². The zero-order valence-electron chi connectivity index (χ0n) is 11.1. The number of rotatable bonds is 3. The monoisotopic (exact) mass is 252 g/mol. The van der Waals surface area contributed by atoms with Crippen molar-refractivity contribution in [3.05, 3.63) is 29.6 Å². The first-order chi connectivity index (χ1) is 8.61. The summed E-state index contributed by atoms with van der Waals surface area (Å²) in [6.45, 7) is 1.65. The number of benzene rings is 1. The second kappa shape index (κ2) is 5.67. The van der Waals surface area contributed by atoms with Gasteiger partial charge in [0.2, 0.25) is 0 Å². The van der Waals surface area contributed by atoms with Crippen molar-refractivity contribution >= 4 is 5.69 Å². The lowest BCUT2D eigenvalue weighted by Crippen LogP contribution is -2.45. The van der Waals surface area contributed by atoms with E-state index in [9.17, 15) is 4.39 Å². The van der Waals surface area contributed by atoms with E-state index in [1.54, 1.807) is 12.1 Å². The maximum absolute atomic E-state index is 14.0. The zero-order valence-corrected chi connectivity index (χ0v) is 11.1. The van der Waals surface area contributed by atoms with E-state index in [1.807, 2.05) is 0 Å². The Morgan fingerprint density at radius 3 is 2.83 bits per heavy atom. The molecule has 3 nitrogen and oxygen atoms in total. The smallest absolute Gasteiger partial charge is 0.146 e. The lowest BCUT2D eigenvalue weighted by molar-refractivity contribution is 0.257. The summed E-state index contributed by atoms with van der Waals surface area (Å²) < 4.78 is 14.0. The summed E-state index contributed by atoms with van der Waals surface area (Å²) in [5.74, 6) is -0.235. The van der Waals surface area contributed by atoms with Gasteiger partial charge in [-0.25, -0.2) is 4.39 Å². The van der Waals surface area contributed by atoms with Gasteiger partial charge >= 0.3 is 0 Å². The molecule has 0 aromatic heterocycles. The summed E-state index contributed by atoms with van der Waals surface area (Å²) in [6, 6.07) is 5.47. The molecule has 4 heteroatoms. The number of anilines is 1. The van der Waals surface area contributed by atoms with Crippen molar-refractivity contribution in [2.24, 2.45) is 0 Å². The quantitative estimate of drug-likeness (QED) is 0.889. The molecule has 2 rings (SSSR count). The maximum atomic E-state index is 14.0. The first-order valence-electron chi connectivity index (χ1n) is 6.42. The molecular weight excluding hydrogens is 231 g/mol. The van der Waals surface area contributed by atoms with Gasteiger partial charge in [-0.3, -0.25) is 0 Å². The predicted octanol–water partition coefficient (Wildman–Crippen LogP) is 1.85. The van der Waals surface area contributed by atoms with Crippen molar-refractivity contribution < 1.29 is 9.50 Å². The largest absolute Gasteiger partial charge is 0.392 e. The fraction of sp³-hybridized carbons (Fsp3) is 0.571. The molecule has 1 N–H and O–H groups in total. The number of hydrogen-bond donors (Lipinski definition) is 1. The summed E-state index contributed by atoms with van der Waals surface area (Å²) in [4.78, 5) is 4.30. The van der Waals surface area contributed by atoms with E-state index in [0.29, 0.717) is 17.3 Å².